The van der Waals surface area contributed by atoms with Gasteiger partial charge in [0, 0.05) is 23.3 Å². The number of benzene rings is 2. The monoisotopic (exact) mass is 484 g/mol. The summed E-state index contributed by atoms with van der Waals surface area (Å²) in [5.41, 5.74) is 1.09. The number of carbonyl (C=O) groups is 2. The van der Waals surface area contributed by atoms with E-state index in [1.807, 2.05) is 4.90 Å². The predicted molar refractivity (Wildman–Crippen MR) is 129 cm³/mol. The number of pyridine rings is 1. The van der Waals surface area contributed by atoms with E-state index in [0.717, 1.165) is 25.9 Å². The number of rotatable bonds is 7. The molecule has 0 bridgehead atoms. The molecule has 178 valence electrons. The van der Waals surface area contributed by atoms with E-state index in [1.54, 1.807) is 56.8 Å². The first-order chi connectivity index (χ1) is 16.5. The maximum atomic E-state index is 12.2. The number of ether oxygens (including phenoxy) is 3. The van der Waals surface area contributed by atoms with E-state index < -0.39 is 6.03 Å². The van der Waals surface area contributed by atoms with Crippen LogP contribution in [0.15, 0.2) is 42.6 Å². The van der Waals surface area contributed by atoms with E-state index in [9.17, 15) is 9.59 Å². The molecule has 2 heterocycles. The first-order valence-corrected chi connectivity index (χ1v) is 11.2. The van der Waals surface area contributed by atoms with E-state index in [0.29, 0.717) is 39.6 Å². The number of carbonyl (C=O) groups excluding carboxylic acids is 2. The first kappa shape index (κ1) is 23.6. The summed E-state index contributed by atoms with van der Waals surface area (Å²) < 4.78 is 16.8. The lowest BCUT2D eigenvalue weighted by molar-refractivity contribution is -0.120. The fraction of sp³-hybridized carbons (Fsp3) is 0.292. The van der Waals surface area contributed by atoms with Gasteiger partial charge in [0.1, 0.15) is 11.5 Å². The molecular weight excluding hydrogens is 460 g/mol. The molecule has 1 aliphatic rings. The minimum Gasteiger partial charge on any atom is -0.493 e. The maximum absolute atomic E-state index is 12.2. The lowest BCUT2D eigenvalue weighted by atomic mass is 10.2. The molecule has 0 atom stereocenters. The first-order valence-electron chi connectivity index (χ1n) is 10.8. The van der Waals surface area contributed by atoms with Gasteiger partial charge >= 0.3 is 6.03 Å². The lowest BCUT2D eigenvalue weighted by Crippen LogP contribution is -2.41. The normalized spacial score (nSPS) is 13.5. The van der Waals surface area contributed by atoms with Gasteiger partial charge in [-0.1, -0.05) is 11.6 Å². The summed E-state index contributed by atoms with van der Waals surface area (Å²) in [6, 6.07) is 9.47. The number of methoxy groups -OCH3 is 2. The molecule has 0 saturated carbocycles. The molecule has 1 aromatic heterocycles. The Hall–Kier alpha value is -3.56. The summed E-state index contributed by atoms with van der Waals surface area (Å²) in [5, 5.41) is 5.95. The van der Waals surface area contributed by atoms with Gasteiger partial charge in [-0.25, -0.2) is 4.79 Å². The van der Waals surface area contributed by atoms with E-state index in [1.165, 1.54) is 0 Å². The van der Waals surface area contributed by atoms with Crippen molar-refractivity contribution in [1.82, 2.24) is 15.2 Å². The van der Waals surface area contributed by atoms with E-state index in [4.69, 9.17) is 25.8 Å². The van der Waals surface area contributed by atoms with E-state index in [2.05, 4.69) is 15.6 Å². The molecule has 3 aromatic rings. The summed E-state index contributed by atoms with van der Waals surface area (Å²) in [6.45, 7) is 1.95. The van der Waals surface area contributed by atoms with Crippen molar-refractivity contribution >= 4 is 40.1 Å². The molecule has 9 nitrogen and oxygen atoms in total. The highest BCUT2D eigenvalue weighted by atomic mass is 35.5. The van der Waals surface area contributed by atoms with Gasteiger partial charge in [0.05, 0.1) is 31.3 Å². The van der Waals surface area contributed by atoms with Crippen molar-refractivity contribution in [2.24, 2.45) is 0 Å². The Morgan fingerprint density at radius 1 is 1.00 bits per heavy atom. The summed E-state index contributed by atoms with van der Waals surface area (Å²) in [4.78, 5) is 30.6. The van der Waals surface area contributed by atoms with Crippen LogP contribution in [0.25, 0.3) is 10.9 Å². The van der Waals surface area contributed by atoms with Crippen LogP contribution in [0.4, 0.5) is 10.5 Å². The smallest absolute Gasteiger partial charge is 0.325 e. The number of urea groups is 1. The number of nitrogens with one attached hydrogen (secondary N) is 2. The molecule has 1 saturated heterocycles. The van der Waals surface area contributed by atoms with Crippen molar-refractivity contribution in [3.05, 3.63) is 47.6 Å². The summed E-state index contributed by atoms with van der Waals surface area (Å²) in [7, 11) is 3.11. The fourth-order valence-corrected chi connectivity index (χ4v) is 4.01. The van der Waals surface area contributed by atoms with Gasteiger partial charge < -0.3 is 19.5 Å². The zero-order chi connectivity index (χ0) is 24.1. The molecule has 0 radical (unpaired) electrons. The molecule has 34 heavy (non-hydrogen) atoms. The van der Waals surface area contributed by atoms with Crippen LogP contribution in [0.2, 0.25) is 5.02 Å². The van der Waals surface area contributed by atoms with Gasteiger partial charge in [-0.2, -0.15) is 0 Å². The standard InChI is InChI=1S/C24H25ClN4O5/c1-32-21-12-16-18(13-22(21)33-2)26-8-7-19(16)34-20-6-5-15(11-17(20)25)27-24(31)28-23(30)14-29-9-3-4-10-29/h5-8,11-13H,3-4,9-10,14H2,1-2H3,(H2,27,28,30,31). The number of likely N-dealkylation sites (tertiary alicyclic amines) is 1. The minimum absolute atomic E-state index is 0.206. The van der Waals surface area contributed by atoms with Gasteiger partial charge in [-0.3, -0.25) is 20.0 Å². The molecule has 1 aliphatic heterocycles. The zero-order valence-electron chi connectivity index (χ0n) is 18.9. The van der Waals surface area contributed by atoms with Crippen LogP contribution in [-0.4, -0.2) is 55.7 Å². The van der Waals surface area contributed by atoms with Crippen LogP contribution in [-0.2, 0) is 4.79 Å². The van der Waals surface area contributed by atoms with Crippen LogP contribution >= 0.6 is 11.6 Å². The Kier molecular flexibility index (Phi) is 7.34. The highest BCUT2D eigenvalue weighted by molar-refractivity contribution is 6.32. The van der Waals surface area contributed by atoms with Gasteiger partial charge in [0.15, 0.2) is 11.5 Å². The number of fused-ring (bicyclic) bond motifs is 1. The van der Waals surface area contributed by atoms with E-state index >= 15 is 0 Å². The molecule has 0 aliphatic carbocycles. The molecule has 4 rings (SSSR count). The van der Waals surface area contributed by atoms with Gasteiger partial charge in [-0.05, 0) is 56.3 Å². The Balaban J connectivity index is 1.44. The number of nitrogens with zero attached hydrogens (tertiary/aromatic N) is 2. The highest BCUT2D eigenvalue weighted by Crippen LogP contribution is 2.38. The number of imide groups is 1. The van der Waals surface area contributed by atoms with Crippen LogP contribution in [0.3, 0.4) is 0 Å². The Morgan fingerprint density at radius 2 is 1.74 bits per heavy atom. The third-order valence-corrected chi connectivity index (χ3v) is 5.73. The summed E-state index contributed by atoms with van der Waals surface area (Å²) >= 11 is 6.41. The molecule has 2 N–H and O–H groups in total. The third-order valence-electron chi connectivity index (χ3n) is 5.44. The highest BCUT2D eigenvalue weighted by Gasteiger charge is 2.17. The van der Waals surface area contributed by atoms with Gasteiger partial charge in [-0.15, -0.1) is 0 Å². The van der Waals surface area contributed by atoms with Crippen molar-refractivity contribution in [2.75, 3.05) is 39.2 Å². The number of amides is 3. The third kappa shape index (κ3) is 5.49. The number of hydrogen-bond donors (Lipinski definition) is 2. The van der Waals surface area contributed by atoms with Crippen LogP contribution in [0.5, 0.6) is 23.0 Å². The molecule has 0 unspecified atom stereocenters. The quantitative estimate of drug-likeness (QED) is 0.511. The van der Waals surface area contributed by atoms with Crippen molar-refractivity contribution in [3.63, 3.8) is 0 Å². The largest absolute Gasteiger partial charge is 0.493 e. The predicted octanol–water partition coefficient (Wildman–Crippen LogP) is 4.44. The second-order valence-corrected chi connectivity index (χ2v) is 8.17. The topological polar surface area (TPSA) is 102 Å². The number of hydrogen-bond acceptors (Lipinski definition) is 7. The Morgan fingerprint density at radius 3 is 2.44 bits per heavy atom. The van der Waals surface area contributed by atoms with Crippen molar-refractivity contribution in [1.29, 1.82) is 0 Å². The maximum Gasteiger partial charge on any atom is 0.325 e. The molecule has 1 fully saturated rings. The molecule has 10 heteroatoms. The molecule has 2 aromatic carbocycles. The SMILES string of the molecule is COc1cc2nccc(Oc3ccc(NC(=O)NC(=O)CN4CCCC4)cc3Cl)c2cc1OC. The average Bonchev–Trinajstić information content (AvgIpc) is 3.32. The van der Waals surface area contributed by atoms with Gasteiger partial charge in [0.25, 0.3) is 0 Å². The Labute approximate surface area is 201 Å². The summed E-state index contributed by atoms with van der Waals surface area (Å²) in [5.74, 6) is 1.68. The average molecular weight is 485 g/mol. The minimum atomic E-state index is -0.616. The second-order valence-electron chi connectivity index (χ2n) is 7.77. The van der Waals surface area contributed by atoms with Crippen molar-refractivity contribution in [2.45, 2.75) is 12.8 Å². The zero-order valence-corrected chi connectivity index (χ0v) is 19.6. The van der Waals surface area contributed by atoms with Crippen LogP contribution < -0.4 is 24.8 Å². The van der Waals surface area contributed by atoms with Crippen LogP contribution in [0.1, 0.15) is 12.8 Å². The lowest BCUT2D eigenvalue weighted by Gasteiger charge is -2.15. The number of aromatic nitrogens is 1. The van der Waals surface area contributed by atoms with E-state index in [-0.39, 0.29) is 17.5 Å². The van der Waals surface area contributed by atoms with Crippen molar-refractivity contribution < 1.29 is 23.8 Å². The molecular formula is C24H25ClN4O5. The molecule has 3 amide bonds. The van der Waals surface area contributed by atoms with Crippen molar-refractivity contribution in [3.8, 4) is 23.0 Å². The van der Waals surface area contributed by atoms with Gasteiger partial charge in [0.2, 0.25) is 5.91 Å². The second kappa shape index (κ2) is 10.6. The molecule has 0 spiro atoms. The number of anilines is 1. The fourth-order valence-electron chi connectivity index (χ4n) is 3.79. The number of halogens is 1. The van der Waals surface area contributed by atoms with Crippen LogP contribution in [0, 0.1) is 0 Å². The summed E-state index contributed by atoms with van der Waals surface area (Å²) in [6.07, 6.45) is 3.77. The Bertz CT molecular complexity index is 1210.